The predicted molar refractivity (Wildman–Crippen MR) is 102 cm³/mol. The van der Waals surface area contributed by atoms with Crippen molar-refractivity contribution in [2.24, 2.45) is 0 Å². The van der Waals surface area contributed by atoms with Crippen molar-refractivity contribution in [3.63, 3.8) is 0 Å². The van der Waals surface area contributed by atoms with Gasteiger partial charge in [-0.3, -0.25) is 4.98 Å². The molecule has 0 aliphatic rings. The molecule has 1 N–H and O–H groups in total. The fourth-order valence-corrected chi connectivity index (χ4v) is 3.54. The highest BCUT2D eigenvalue weighted by molar-refractivity contribution is 7.15. The SMILES string of the molecule is COc1ccc(-c2cnc(CNCc3cccnc3)s2)c(OC)c1OC. The molecule has 0 fully saturated rings. The van der Waals surface area contributed by atoms with Crippen molar-refractivity contribution in [1.82, 2.24) is 15.3 Å². The van der Waals surface area contributed by atoms with Crippen LogP contribution in [0, 0.1) is 0 Å². The summed E-state index contributed by atoms with van der Waals surface area (Å²) in [6.45, 7) is 1.44. The van der Waals surface area contributed by atoms with Crippen molar-refractivity contribution >= 4 is 11.3 Å². The molecule has 3 aromatic rings. The zero-order valence-electron chi connectivity index (χ0n) is 15.0. The van der Waals surface area contributed by atoms with E-state index in [1.54, 1.807) is 38.9 Å². The summed E-state index contributed by atoms with van der Waals surface area (Å²) in [5.41, 5.74) is 2.08. The van der Waals surface area contributed by atoms with E-state index in [2.05, 4.69) is 15.3 Å². The van der Waals surface area contributed by atoms with Crippen LogP contribution in [0.5, 0.6) is 17.2 Å². The molecule has 26 heavy (non-hydrogen) atoms. The summed E-state index contributed by atoms with van der Waals surface area (Å²) in [6, 6.07) is 7.81. The van der Waals surface area contributed by atoms with Gasteiger partial charge in [0.15, 0.2) is 11.5 Å². The van der Waals surface area contributed by atoms with Crippen LogP contribution in [0.4, 0.5) is 0 Å². The summed E-state index contributed by atoms with van der Waals surface area (Å²) in [4.78, 5) is 9.64. The first-order valence-electron chi connectivity index (χ1n) is 8.10. The number of aromatic nitrogens is 2. The third-order valence-electron chi connectivity index (χ3n) is 3.85. The number of hydrogen-bond acceptors (Lipinski definition) is 7. The Balaban J connectivity index is 1.75. The molecule has 2 heterocycles. The Kier molecular flexibility index (Phi) is 6.04. The number of hydrogen-bond donors (Lipinski definition) is 1. The van der Waals surface area contributed by atoms with Crippen LogP contribution in [0.1, 0.15) is 10.6 Å². The summed E-state index contributed by atoms with van der Waals surface area (Å²) in [5.74, 6) is 1.86. The zero-order valence-corrected chi connectivity index (χ0v) is 15.8. The largest absolute Gasteiger partial charge is 0.493 e. The average Bonchev–Trinajstić information content (AvgIpc) is 3.16. The quantitative estimate of drug-likeness (QED) is 0.654. The van der Waals surface area contributed by atoms with Crippen LogP contribution in [0.2, 0.25) is 0 Å². The molecule has 1 aromatic carbocycles. The molecule has 136 valence electrons. The Morgan fingerprint density at radius 2 is 1.81 bits per heavy atom. The highest BCUT2D eigenvalue weighted by Gasteiger charge is 2.18. The van der Waals surface area contributed by atoms with E-state index in [1.807, 2.05) is 36.7 Å². The lowest BCUT2D eigenvalue weighted by Gasteiger charge is -2.14. The minimum Gasteiger partial charge on any atom is -0.493 e. The normalized spacial score (nSPS) is 10.6. The molecule has 0 saturated heterocycles. The van der Waals surface area contributed by atoms with Gasteiger partial charge in [0.2, 0.25) is 5.75 Å². The molecule has 0 bridgehead atoms. The summed E-state index contributed by atoms with van der Waals surface area (Å²) in [5, 5.41) is 4.38. The van der Waals surface area contributed by atoms with E-state index in [0.717, 1.165) is 27.6 Å². The van der Waals surface area contributed by atoms with Crippen molar-refractivity contribution in [3.05, 3.63) is 53.4 Å². The number of pyridine rings is 1. The monoisotopic (exact) mass is 371 g/mol. The maximum absolute atomic E-state index is 5.56. The van der Waals surface area contributed by atoms with E-state index in [1.165, 1.54) is 0 Å². The van der Waals surface area contributed by atoms with Gasteiger partial charge in [-0.05, 0) is 23.8 Å². The van der Waals surface area contributed by atoms with Crippen molar-refractivity contribution in [1.29, 1.82) is 0 Å². The van der Waals surface area contributed by atoms with Gasteiger partial charge in [-0.1, -0.05) is 6.07 Å². The minimum atomic E-state index is 0.581. The van der Waals surface area contributed by atoms with Crippen LogP contribution in [-0.2, 0) is 13.1 Å². The van der Waals surface area contributed by atoms with Gasteiger partial charge in [-0.25, -0.2) is 4.98 Å². The van der Waals surface area contributed by atoms with Crippen LogP contribution >= 0.6 is 11.3 Å². The Morgan fingerprint density at radius 1 is 0.962 bits per heavy atom. The van der Waals surface area contributed by atoms with Gasteiger partial charge >= 0.3 is 0 Å². The number of rotatable bonds is 8. The second kappa shape index (κ2) is 8.64. The molecule has 2 aromatic heterocycles. The Hall–Kier alpha value is -2.64. The predicted octanol–water partition coefficient (Wildman–Crippen LogP) is 3.52. The van der Waals surface area contributed by atoms with Crippen LogP contribution in [0.15, 0.2) is 42.9 Å². The van der Waals surface area contributed by atoms with Gasteiger partial charge in [0, 0.05) is 37.2 Å². The molecule has 6 nitrogen and oxygen atoms in total. The molecular weight excluding hydrogens is 350 g/mol. The number of nitrogens with zero attached hydrogens (tertiary/aromatic N) is 2. The minimum absolute atomic E-state index is 0.581. The Labute approximate surface area is 156 Å². The van der Waals surface area contributed by atoms with Gasteiger partial charge in [-0.15, -0.1) is 11.3 Å². The highest BCUT2D eigenvalue weighted by Crippen LogP contribution is 2.45. The average molecular weight is 371 g/mol. The summed E-state index contributed by atoms with van der Waals surface area (Å²) in [7, 11) is 4.83. The van der Waals surface area contributed by atoms with Crippen molar-refractivity contribution in [3.8, 4) is 27.7 Å². The van der Waals surface area contributed by atoms with Gasteiger partial charge in [-0.2, -0.15) is 0 Å². The number of thiazole rings is 1. The fraction of sp³-hybridized carbons (Fsp3) is 0.263. The first-order valence-corrected chi connectivity index (χ1v) is 8.92. The summed E-state index contributed by atoms with van der Waals surface area (Å²) in [6.07, 6.45) is 5.48. The smallest absolute Gasteiger partial charge is 0.203 e. The highest BCUT2D eigenvalue weighted by atomic mass is 32.1. The molecule has 0 unspecified atom stereocenters. The van der Waals surface area contributed by atoms with Crippen LogP contribution in [0.25, 0.3) is 10.4 Å². The molecule has 0 spiro atoms. The molecule has 7 heteroatoms. The number of nitrogens with one attached hydrogen (secondary N) is 1. The van der Waals surface area contributed by atoms with Crippen molar-refractivity contribution in [2.75, 3.05) is 21.3 Å². The zero-order chi connectivity index (χ0) is 18.4. The maximum Gasteiger partial charge on any atom is 0.203 e. The second-order valence-corrected chi connectivity index (χ2v) is 6.58. The molecule has 0 aliphatic carbocycles. The third kappa shape index (κ3) is 3.95. The number of ether oxygens (including phenoxy) is 3. The Bertz CT molecular complexity index is 852. The lowest BCUT2D eigenvalue weighted by atomic mass is 10.1. The maximum atomic E-state index is 5.56. The molecule has 0 saturated carbocycles. The molecule has 0 aliphatic heterocycles. The molecule has 0 atom stereocenters. The van der Waals surface area contributed by atoms with Crippen LogP contribution in [-0.4, -0.2) is 31.3 Å². The number of benzene rings is 1. The summed E-state index contributed by atoms with van der Waals surface area (Å²) < 4.78 is 16.4. The second-order valence-electron chi connectivity index (χ2n) is 5.46. The third-order valence-corrected chi connectivity index (χ3v) is 4.88. The van der Waals surface area contributed by atoms with E-state index >= 15 is 0 Å². The van der Waals surface area contributed by atoms with Crippen molar-refractivity contribution < 1.29 is 14.2 Å². The van der Waals surface area contributed by atoms with Crippen LogP contribution in [0.3, 0.4) is 0 Å². The van der Waals surface area contributed by atoms with Crippen LogP contribution < -0.4 is 19.5 Å². The standard InChI is InChI=1S/C19H21N3O3S/c1-23-15-7-6-14(18(24-2)19(15)25-3)16-11-22-17(26-16)12-21-10-13-5-4-8-20-9-13/h4-9,11,21H,10,12H2,1-3H3. The van der Waals surface area contributed by atoms with E-state index in [-0.39, 0.29) is 0 Å². The topological polar surface area (TPSA) is 65.5 Å². The lowest BCUT2D eigenvalue weighted by molar-refractivity contribution is 0.325. The van der Waals surface area contributed by atoms with Gasteiger partial charge < -0.3 is 19.5 Å². The van der Waals surface area contributed by atoms with Gasteiger partial charge in [0.1, 0.15) is 5.01 Å². The summed E-state index contributed by atoms with van der Waals surface area (Å²) >= 11 is 1.62. The van der Waals surface area contributed by atoms with Gasteiger partial charge in [0.25, 0.3) is 0 Å². The first-order chi connectivity index (χ1) is 12.8. The first kappa shape index (κ1) is 18.2. The van der Waals surface area contributed by atoms with Gasteiger partial charge in [0.05, 0.1) is 26.2 Å². The molecule has 0 radical (unpaired) electrons. The van der Waals surface area contributed by atoms with E-state index in [0.29, 0.717) is 23.8 Å². The van der Waals surface area contributed by atoms with E-state index < -0.39 is 0 Å². The van der Waals surface area contributed by atoms with E-state index in [9.17, 15) is 0 Å². The number of methoxy groups -OCH3 is 3. The lowest BCUT2D eigenvalue weighted by Crippen LogP contribution is -2.12. The van der Waals surface area contributed by atoms with E-state index in [4.69, 9.17) is 14.2 Å². The van der Waals surface area contributed by atoms with Crippen molar-refractivity contribution in [2.45, 2.75) is 13.1 Å². The Morgan fingerprint density at radius 3 is 2.50 bits per heavy atom. The molecular formula is C19H21N3O3S. The fourth-order valence-electron chi connectivity index (χ4n) is 2.63. The molecule has 0 amide bonds. The molecule has 3 rings (SSSR count).